The molecule has 1 aromatic carbocycles. The summed E-state index contributed by atoms with van der Waals surface area (Å²) >= 11 is 0. The normalized spacial score (nSPS) is 16.3. The Morgan fingerprint density at radius 1 is 1.18 bits per heavy atom. The molecule has 0 atom stereocenters. The first-order chi connectivity index (χ1) is 7.89. The Hall–Kier alpha value is -2.05. The van der Waals surface area contributed by atoms with E-state index in [0.29, 0.717) is 0 Å². The van der Waals surface area contributed by atoms with E-state index in [2.05, 4.69) is 5.32 Å². The van der Waals surface area contributed by atoms with E-state index < -0.39 is 24.5 Å². The Morgan fingerprint density at radius 3 is 2.47 bits per heavy atom. The maximum atomic E-state index is 12.7. The number of fused-ring (bicyclic) bond motifs is 1. The SMILES string of the molecule is O=C1CC(=O)N(C(F)(F)F)c2ccccc2N1. The minimum absolute atomic E-state index is 0.0272. The molecule has 1 N–H and O–H groups in total. The summed E-state index contributed by atoms with van der Waals surface area (Å²) in [4.78, 5) is 22.3. The van der Waals surface area contributed by atoms with Gasteiger partial charge in [-0.15, -0.1) is 13.2 Å². The number of rotatable bonds is 0. The number of nitrogens with one attached hydrogen (secondary N) is 1. The van der Waals surface area contributed by atoms with Crippen molar-refractivity contribution in [3.63, 3.8) is 0 Å². The first-order valence-electron chi connectivity index (χ1n) is 4.68. The number of para-hydroxylation sites is 2. The zero-order valence-electron chi connectivity index (χ0n) is 8.41. The highest BCUT2D eigenvalue weighted by atomic mass is 19.4. The lowest BCUT2D eigenvalue weighted by atomic mass is 10.2. The Balaban J connectivity index is 2.58. The van der Waals surface area contributed by atoms with Crippen molar-refractivity contribution in [3.05, 3.63) is 24.3 Å². The molecule has 2 amide bonds. The minimum atomic E-state index is -4.85. The first kappa shape index (κ1) is 11.4. The smallest absolute Gasteiger partial charge is 0.324 e. The monoisotopic (exact) mass is 244 g/mol. The molecule has 17 heavy (non-hydrogen) atoms. The van der Waals surface area contributed by atoms with Crippen LogP contribution in [0.2, 0.25) is 0 Å². The van der Waals surface area contributed by atoms with E-state index >= 15 is 0 Å². The second kappa shape index (κ2) is 3.76. The molecule has 0 aromatic heterocycles. The molecule has 0 unspecified atom stereocenters. The molecule has 0 saturated carbocycles. The third kappa shape index (κ3) is 2.08. The van der Waals surface area contributed by atoms with Crippen LogP contribution in [-0.2, 0) is 9.59 Å². The van der Waals surface area contributed by atoms with E-state index in [0.717, 1.165) is 6.07 Å². The number of hydrogen-bond acceptors (Lipinski definition) is 2. The molecule has 1 heterocycles. The van der Waals surface area contributed by atoms with Crippen LogP contribution in [0.25, 0.3) is 0 Å². The molecule has 0 bridgehead atoms. The Labute approximate surface area is 94.0 Å². The number of halogens is 3. The van der Waals surface area contributed by atoms with Crippen LogP contribution in [0.4, 0.5) is 24.5 Å². The zero-order chi connectivity index (χ0) is 12.6. The standard InChI is InChI=1S/C10H7F3N2O2/c11-10(12,13)15-7-4-2-1-3-6(7)14-8(16)5-9(15)17/h1-4H,5H2,(H,14,16). The van der Waals surface area contributed by atoms with Crippen molar-refractivity contribution in [2.75, 3.05) is 10.2 Å². The highest BCUT2D eigenvalue weighted by Gasteiger charge is 2.44. The molecule has 0 saturated heterocycles. The zero-order valence-corrected chi connectivity index (χ0v) is 8.41. The van der Waals surface area contributed by atoms with Gasteiger partial charge in [-0.2, -0.15) is 0 Å². The lowest BCUT2D eigenvalue weighted by molar-refractivity contribution is -0.150. The molecule has 1 aliphatic rings. The lowest BCUT2D eigenvalue weighted by Crippen LogP contribution is -2.43. The maximum Gasteiger partial charge on any atom is 0.491 e. The van der Waals surface area contributed by atoms with Crippen molar-refractivity contribution >= 4 is 23.2 Å². The van der Waals surface area contributed by atoms with Crippen molar-refractivity contribution in [2.45, 2.75) is 12.7 Å². The highest BCUT2D eigenvalue weighted by Crippen LogP contribution is 2.36. The summed E-state index contributed by atoms with van der Waals surface area (Å²) in [7, 11) is 0. The van der Waals surface area contributed by atoms with E-state index in [1.165, 1.54) is 18.2 Å². The van der Waals surface area contributed by atoms with Crippen LogP contribution in [0.5, 0.6) is 0 Å². The van der Waals surface area contributed by atoms with Gasteiger partial charge in [0.05, 0.1) is 11.4 Å². The molecule has 2 rings (SSSR count). The fourth-order valence-corrected chi connectivity index (χ4v) is 1.60. The van der Waals surface area contributed by atoms with Crippen LogP contribution in [0.3, 0.4) is 0 Å². The molecule has 90 valence electrons. The summed E-state index contributed by atoms with van der Waals surface area (Å²) in [6.07, 6.45) is -5.67. The van der Waals surface area contributed by atoms with Crippen LogP contribution < -0.4 is 10.2 Å². The topological polar surface area (TPSA) is 49.4 Å². The van der Waals surface area contributed by atoms with Crippen molar-refractivity contribution < 1.29 is 22.8 Å². The van der Waals surface area contributed by atoms with Gasteiger partial charge in [0.1, 0.15) is 6.42 Å². The second-order valence-corrected chi connectivity index (χ2v) is 3.44. The lowest BCUT2D eigenvalue weighted by Gasteiger charge is -2.24. The molecule has 7 heteroatoms. The van der Waals surface area contributed by atoms with E-state index in [1.54, 1.807) is 0 Å². The Kier molecular flexibility index (Phi) is 2.53. The van der Waals surface area contributed by atoms with Crippen molar-refractivity contribution in [1.82, 2.24) is 0 Å². The molecule has 0 radical (unpaired) electrons. The van der Waals surface area contributed by atoms with Crippen LogP contribution >= 0.6 is 0 Å². The van der Waals surface area contributed by atoms with Crippen LogP contribution in [-0.4, -0.2) is 18.1 Å². The molecular weight excluding hydrogens is 237 g/mol. The summed E-state index contributed by atoms with van der Waals surface area (Å²) < 4.78 is 38.2. The summed E-state index contributed by atoms with van der Waals surface area (Å²) in [5, 5.41) is 2.25. The minimum Gasteiger partial charge on any atom is -0.324 e. The molecule has 4 nitrogen and oxygen atoms in total. The Bertz CT molecular complexity index is 485. The van der Waals surface area contributed by atoms with E-state index in [9.17, 15) is 22.8 Å². The number of carbonyl (C=O) groups is 2. The van der Waals surface area contributed by atoms with Crippen LogP contribution in [0, 0.1) is 0 Å². The molecule has 0 spiro atoms. The quantitative estimate of drug-likeness (QED) is 0.559. The summed E-state index contributed by atoms with van der Waals surface area (Å²) in [5.74, 6) is -2.05. The molecular formula is C10H7F3N2O2. The summed E-state index contributed by atoms with van der Waals surface area (Å²) in [6.45, 7) is 0. The van der Waals surface area contributed by atoms with Gasteiger partial charge in [0.25, 0.3) is 0 Å². The number of carbonyl (C=O) groups excluding carboxylic acids is 2. The largest absolute Gasteiger partial charge is 0.491 e. The third-order valence-electron chi connectivity index (χ3n) is 2.23. The fraction of sp³-hybridized carbons (Fsp3) is 0.200. The average molecular weight is 244 g/mol. The van der Waals surface area contributed by atoms with Crippen molar-refractivity contribution in [2.24, 2.45) is 0 Å². The van der Waals surface area contributed by atoms with Crippen molar-refractivity contribution in [1.29, 1.82) is 0 Å². The van der Waals surface area contributed by atoms with Crippen LogP contribution in [0.15, 0.2) is 24.3 Å². The molecule has 0 fully saturated rings. The van der Waals surface area contributed by atoms with Crippen molar-refractivity contribution in [3.8, 4) is 0 Å². The maximum absolute atomic E-state index is 12.7. The summed E-state index contributed by atoms with van der Waals surface area (Å²) in [6, 6.07) is 5.28. The molecule has 1 aromatic rings. The van der Waals surface area contributed by atoms with Gasteiger partial charge in [-0.25, -0.2) is 4.90 Å². The summed E-state index contributed by atoms with van der Waals surface area (Å²) in [5.41, 5.74) is -0.392. The number of alkyl halides is 3. The van der Waals surface area contributed by atoms with E-state index in [-0.39, 0.29) is 16.3 Å². The van der Waals surface area contributed by atoms with Gasteiger partial charge in [0.2, 0.25) is 11.8 Å². The van der Waals surface area contributed by atoms with E-state index in [4.69, 9.17) is 0 Å². The van der Waals surface area contributed by atoms with Gasteiger partial charge < -0.3 is 5.32 Å². The number of benzene rings is 1. The van der Waals surface area contributed by atoms with Gasteiger partial charge in [0, 0.05) is 0 Å². The first-order valence-corrected chi connectivity index (χ1v) is 4.68. The van der Waals surface area contributed by atoms with Gasteiger partial charge >= 0.3 is 6.30 Å². The molecule has 1 aliphatic heterocycles. The molecule has 0 aliphatic carbocycles. The predicted octanol–water partition coefficient (Wildman–Crippen LogP) is 1.88. The van der Waals surface area contributed by atoms with E-state index in [1.807, 2.05) is 0 Å². The van der Waals surface area contributed by atoms with Gasteiger partial charge in [0.15, 0.2) is 0 Å². The number of hydrogen-bond donors (Lipinski definition) is 1. The second-order valence-electron chi connectivity index (χ2n) is 3.44. The number of amides is 2. The van der Waals surface area contributed by atoms with Gasteiger partial charge in [-0.1, -0.05) is 12.1 Å². The average Bonchev–Trinajstić information content (AvgIpc) is 2.30. The fourth-order valence-electron chi connectivity index (χ4n) is 1.60. The van der Waals surface area contributed by atoms with Gasteiger partial charge in [-0.05, 0) is 12.1 Å². The van der Waals surface area contributed by atoms with Gasteiger partial charge in [-0.3, -0.25) is 9.59 Å². The highest BCUT2D eigenvalue weighted by molar-refractivity contribution is 6.14. The number of anilines is 2. The third-order valence-corrected chi connectivity index (χ3v) is 2.23. The van der Waals surface area contributed by atoms with Crippen LogP contribution in [0.1, 0.15) is 6.42 Å². The number of nitrogens with zero attached hydrogens (tertiary/aromatic N) is 1. The Morgan fingerprint density at radius 2 is 1.82 bits per heavy atom. The predicted molar refractivity (Wildman–Crippen MR) is 53.2 cm³/mol.